The molecule has 1 aromatic heterocycles. The number of nitrogens with zero attached hydrogens (tertiary/aromatic N) is 3. The van der Waals surface area contributed by atoms with Crippen LogP contribution in [0.25, 0.3) is 0 Å². The van der Waals surface area contributed by atoms with Gasteiger partial charge in [-0.05, 0) is 44.3 Å². The Hall–Kier alpha value is -2.66. The van der Waals surface area contributed by atoms with Crippen molar-refractivity contribution in [2.45, 2.75) is 22.5 Å². The molecule has 0 unspecified atom stereocenters. The van der Waals surface area contributed by atoms with Crippen molar-refractivity contribution in [1.82, 2.24) is 14.4 Å². The molecule has 8 nitrogen and oxygen atoms in total. The lowest BCUT2D eigenvalue weighted by Crippen LogP contribution is -2.47. The number of hydrogen-bond acceptors (Lipinski definition) is 7. The van der Waals surface area contributed by atoms with Crippen molar-refractivity contribution >= 4 is 33.4 Å². The summed E-state index contributed by atoms with van der Waals surface area (Å²) in [6, 6.07) is 15.6. The minimum Gasteiger partial charge on any atom is -0.360 e. The van der Waals surface area contributed by atoms with Gasteiger partial charge in [-0.15, -0.1) is 11.8 Å². The van der Waals surface area contributed by atoms with Gasteiger partial charge in [-0.1, -0.05) is 23.4 Å². The van der Waals surface area contributed by atoms with Crippen LogP contribution in [0.15, 0.2) is 68.9 Å². The van der Waals surface area contributed by atoms with E-state index in [1.807, 2.05) is 32.2 Å². The van der Waals surface area contributed by atoms with Gasteiger partial charge in [-0.2, -0.15) is 4.31 Å². The van der Waals surface area contributed by atoms with Gasteiger partial charge >= 0.3 is 0 Å². The van der Waals surface area contributed by atoms with Crippen LogP contribution in [0.5, 0.6) is 0 Å². The van der Waals surface area contributed by atoms with Crippen molar-refractivity contribution in [3.63, 3.8) is 0 Å². The number of hydrogen-bond donors (Lipinski definition) is 1. The molecule has 1 N–H and O–H groups in total. The fourth-order valence-electron chi connectivity index (χ4n) is 3.52. The van der Waals surface area contributed by atoms with Crippen LogP contribution in [-0.4, -0.2) is 61.9 Å². The first kappa shape index (κ1) is 23.5. The van der Waals surface area contributed by atoms with E-state index in [2.05, 4.69) is 15.4 Å². The molecular weight excluding hydrogens is 460 g/mol. The second kappa shape index (κ2) is 10.1. The number of aryl methyl sites for hydroxylation is 1. The zero-order chi connectivity index (χ0) is 23.4. The van der Waals surface area contributed by atoms with Gasteiger partial charge in [0.15, 0.2) is 0 Å². The van der Waals surface area contributed by atoms with Crippen LogP contribution in [0.2, 0.25) is 0 Å². The van der Waals surface area contributed by atoms with Gasteiger partial charge < -0.3 is 14.7 Å². The van der Waals surface area contributed by atoms with Crippen molar-refractivity contribution in [1.29, 1.82) is 0 Å². The molecule has 1 fully saturated rings. The van der Waals surface area contributed by atoms with E-state index < -0.39 is 10.0 Å². The number of anilines is 1. The number of piperazine rings is 1. The molecule has 1 saturated heterocycles. The number of carbonyl (C=O) groups excluding carboxylic acids is 1. The zero-order valence-electron chi connectivity index (χ0n) is 18.5. The first-order valence-corrected chi connectivity index (χ1v) is 13.0. The van der Waals surface area contributed by atoms with Crippen molar-refractivity contribution in [3.8, 4) is 0 Å². The molecule has 0 bridgehead atoms. The van der Waals surface area contributed by atoms with Crippen LogP contribution < -0.4 is 5.32 Å². The average molecular weight is 487 g/mol. The highest BCUT2D eigenvalue weighted by Crippen LogP contribution is 2.28. The van der Waals surface area contributed by atoms with Crippen LogP contribution in [-0.2, 0) is 15.8 Å². The third-order valence-corrected chi connectivity index (χ3v) is 8.36. The summed E-state index contributed by atoms with van der Waals surface area (Å²) < 4.78 is 32.8. The zero-order valence-corrected chi connectivity index (χ0v) is 20.2. The highest BCUT2D eigenvalue weighted by Gasteiger charge is 2.27. The standard InChI is InChI=1S/C23H26N4O4S2/c1-17-14-19(31-25-17)16-32-22-9-4-3-8-21(22)23(28)24-18-6-5-7-20(15-18)33(29,30)27-12-10-26(2)11-13-27/h3-9,14-15H,10-13,16H2,1-2H3,(H,24,28). The van der Waals surface area contributed by atoms with Gasteiger partial charge in [-0.3, -0.25) is 4.79 Å². The van der Waals surface area contributed by atoms with Crippen LogP contribution in [0.3, 0.4) is 0 Å². The fraction of sp³-hybridized carbons (Fsp3) is 0.304. The van der Waals surface area contributed by atoms with Gasteiger partial charge in [-0.25, -0.2) is 8.42 Å². The summed E-state index contributed by atoms with van der Waals surface area (Å²) in [6.07, 6.45) is 0. The Balaban J connectivity index is 1.48. The summed E-state index contributed by atoms with van der Waals surface area (Å²) in [5.74, 6) is 0.972. The van der Waals surface area contributed by atoms with Crippen LogP contribution in [0.4, 0.5) is 5.69 Å². The summed E-state index contributed by atoms with van der Waals surface area (Å²) in [5, 5.41) is 6.73. The summed E-state index contributed by atoms with van der Waals surface area (Å²) >= 11 is 1.48. The van der Waals surface area contributed by atoms with E-state index in [-0.39, 0.29) is 10.8 Å². The molecule has 0 atom stereocenters. The second-order valence-corrected chi connectivity index (χ2v) is 10.9. The van der Waals surface area contributed by atoms with Gasteiger partial charge in [0.1, 0.15) is 5.76 Å². The quantitative estimate of drug-likeness (QED) is 0.511. The molecule has 0 saturated carbocycles. The SMILES string of the molecule is Cc1cc(CSc2ccccc2C(=O)Nc2cccc(S(=O)(=O)N3CCN(C)CC3)c2)on1. The maximum atomic E-state index is 13.1. The van der Waals surface area contributed by atoms with Gasteiger partial charge in [0.05, 0.1) is 21.9 Å². The Bertz CT molecular complexity index is 1230. The summed E-state index contributed by atoms with van der Waals surface area (Å²) in [6.45, 7) is 4.14. The molecule has 0 spiro atoms. The molecule has 3 aromatic rings. The van der Waals surface area contributed by atoms with Crippen LogP contribution in [0.1, 0.15) is 21.8 Å². The third kappa shape index (κ3) is 5.64. The van der Waals surface area contributed by atoms with E-state index in [0.29, 0.717) is 43.2 Å². The van der Waals surface area contributed by atoms with E-state index in [9.17, 15) is 13.2 Å². The molecule has 4 rings (SSSR count). The number of nitrogens with one attached hydrogen (secondary N) is 1. The lowest BCUT2D eigenvalue weighted by molar-refractivity contribution is 0.102. The van der Waals surface area contributed by atoms with E-state index >= 15 is 0 Å². The Kier molecular flexibility index (Phi) is 7.18. The molecule has 1 amide bonds. The molecule has 10 heteroatoms. The molecular formula is C23H26N4O4S2. The monoisotopic (exact) mass is 486 g/mol. The third-order valence-electron chi connectivity index (χ3n) is 5.37. The predicted octanol–water partition coefficient (Wildman–Crippen LogP) is 3.46. The maximum absolute atomic E-state index is 13.1. The van der Waals surface area contributed by atoms with Gasteiger partial charge in [0.25, 0.3) is 5.91 Å². The smallest absolute Gasteiger partial charge is 0.256 e. The molecule has 1 aliphatic rings. The van der Waals surface area contributed by atoms with Crippen molar-refractivity contribution in [2.75, 3.05) is 38.5 Å². The van der Waals surface area contributed by atoms with Crippen molar-refractivity contribution < 1.29 is 17.7 Å². The Morgan fingerprint density at radius 3 is 2.58 bits per heavy atom. The Morgan fingerprint density at radius 1 is 1.09 bits per heavy atom. The van der Waals surface area contributed by atoms with E-state index in [1.54, 1.807) is 30.3 Å². The van der Waals surface area contributed by atoms with E-state index in [4.69, 9.17) is 4.52 Å². The van der Waals surface area contributed by atoms with Gasteiger partial charge in [0, 0.05) is 42.8 Å². The van der Waals surface area contributed by atoms with E-state index in [1.165, 1.54) is 22.1 Å². The minimum absolute atomic E-state index is 0.174. The molecule has 2 aromatic carbocycles. The number of rotatable bonds is 7. The number of amides is 1. The Morgan fingerprint density at radius 2 is 1.85 bits per heavy atom. The highest BCUT2D eigenvalue weighted by atomic mass is 32.2. The lowest BCUT2D eigenvalue weighted by atomic mass is 10.2. The maximum Gasteiger partial charge on any atom is 0.256 e. The fourth-order valence-corrected chi connectivity index (χ4v) is 5.92. The number of thioether (sulfide) groups is 1. The van der Waals surface area contributed by atoms with Crippen LogP contribution >= 0.6 is 11.8 Å². The predicted molar refractivity (Wildman–Crippen MR) is 128 cm³/mol. The normalized spacial score (nSPS) is 15.5. The lowest BCUT2D eigenvalue weighted by Gasteiger charge is -2.31. The number of benzene rings is 2. The van der Waals surface area contributed by atoms with Crippen molar-refractivity contribution in [2.24, 2.45) is 0 Å². The minimum atomic E-state index is -3.62. The van der Waals surface area contributed by atoms with Gasteiger partial charge in [0.2, 0.25) is 10.0 Å². The number of carbonyl (C=O) groups is 1. The first-order chi connectivity index (χ1) is 15.8. The highest BCUT2D eigenvalue weighted by molar-refractivity contribution is 7.98. The van der Waals surface area contributed by atoms with E-state index in [0.717, 1.165) is 16.3 Å². The summed E-state index contributed by atoms with van der Waals surface area (Å²) in [5.41, 5.74) is 1.75. The number of aromatic nitrogens is 1. The molecule has 2 heterocycles. The summed E-state index contributed by atoms with van der Waals surface area (Å²) in [7, 11) is -1.64. The summed E-state index contributed by atoms with van der Waals surface area (Å²) in [4.78, 5) is 16.1. The van der Waals surface area contributed by atoms with Crippen molar-refractivity contribution in [3.05, 3.63) is 71.6 Å². The molecule has 0 aliphatic carbocycles. The molecule has 0 radical (unpaired) electrons. The molecule has 33 heavy (non-hydrogen) atoms. The second-order valence-electron chi connectivity index (χ2n) is 7.91. The largest absolute Gasteiger partial charge is 0.360 e. The number of sulfonamides is 1. The van der Waals surface area contributed by atoms with Crippen LogP contribution in [0, 0.1) is 6.92 Å². The first-order valence-electron chi connectivity index (χ1n) is 10.6. The topological polar surface area (TPSA) is 95.8 Å². The number of likely N-dealkylation sites (N-methyl/N-ethyl adjacent to an activating group) is 1. The molecule has 174 valence electrons. The average Bonchev–Trinajstić information content (AvgIpc) is 3.23. The Labute approximate surface area is 198 Å². The molecule has 1 aliphatic heterocycles.